The Bertz CT molecular complexity index is 1010. The molecule has 1 fully saturated rings. The summed E-state index contributed by atoms with van der Waals surface area (Å²) in [5, 5.41) is 11.3. The van der Waals surface area contributed by atoms with Gasteiger partial charge in [-0.3, -0.25) is 14.9 Å². The van der Waals surface area contributed by atoms with E-state index in [0.29, 0.717) is 5.56 Å². The van der Waals surface area contributed by atoms with E-state index < -0.39 is 4.92 Å². The molecule has 5 nitrogen and oxygen atoms in total. The number of nitro benzene ring substituents is 1. The molecule has 0 unspecified atom stereocenters. The molecule has 0 heterocycles. The lowest BCUT2D eigenvalue weighted by Crippen LogP contribution is -2.06. The number of rotatable bonds is 7. The molecule has 3 aromatic carbocycles. The van der Waals surface area contributed by atoms with Crippen LogP contribution in [0.1, 0.15) is 28.8 Å². The summed E-state index contributed by atoms with van der Waals surface area (Å²) in [5.41, 5.74) is 3.22. The zero-order valence-corrected chi connectivity index (χ0v) is 15.2. The molecule has 0 aliphatic heterocycles. The van der Waals surface area contributed by atoms with E-state index in [-0.39, 0.29) is 29.7 Å². The lowest BCUT2D eigenvalue weighted by molar-refractivity contribution is -0.386. The maximum Gasteiger partial charge on any atom is 0.311 e. The Labute approximate surface area is 162 Å². The molecule has 1 aliphatic carbocycles. The minimum atomic E-state index is -0.497. The predicted molar refractivity (Wildman–Crippen MR) is 107 cm³/mol. The second-order valence-electron chi connectivity index (χ2n) is 6.92. The highest BCUT2D eigenvalue weighted by atomic mass is 16.6. The Hall–Kier alpha value is -3.47. The molecule has 4 rings (SSSR count). The van der Waals surface area contributed by atoms with E-state index in [1.54, 1.807) is 6.07 Å². The number of ether oxygens (including phenoxy) is 1. The molecule has 5 heteroatoms. The average Bonchev–Trinajstić information content (AvgIpc) is 3.53. The van der Waals surface area contributed by atoms with Crippen LogP contribution in [0.15, 0.2) is 72.8 Å². The molecule has 1 saturated carbocycles. The van der Waals surface area contributed by atoms with Gasteiger partial charge in [-0.2, -0.15) is 0 Å². The van der Waals surface area contributed by atoms with Crippen LogP contribution in [0.5, 0.6) is 5.75 Å². The van der Waals surface area contributed by atoms with Crippen LogP contribution in [0.4, 0.5) is 5.69 Å². The van der Waals surface area contributed by atoms with Gasteiger partial charge in [-0.15, -0.1) is 0 Å². The third kappa shape index (κ3) is 4.09. The minimum Gasteiger partial charge on any atom is -0.483 e. The molecule has 0 saturated heterocycles. The highest BCUT2D eigenvalue weighted by Crippen LogP contribution is 2.34. The normalized spacial score (nSPS) is 13.1. The molecule has 3 aromatic rings. The predicted octanol–water partition coefficient (Wildman–Crippen LogP) is 5.23. The van der Waals surface area contributed by atoms with Crippen molar-refractivity contribution < 1.29 is 14.5 Å². The number of benzene rings is 3. The van der Waals surface area contributed by atoms with Crippen molar-refractivity contribution in [1.82, 2.24) is 0 Å². The van der Waals surface area contributed by atoms with Crippen molar-refractivity contribution >= 4 is 11.5 Å². The second kappa shape index (κ2) is 7.64. The van der Waals surface area contributed by atoms with E-state index in [9.17, 15) is 14.9 Å². The van der Waals surface area contributed by atoms with Gasteiger partial charge in [-0.05, 0) is 41.7 Å². The molecule has 0 aromatic heterocycles. The standard InChI is InChI=1S/C23H19NO4/c25-22(14-16-6-8-18(9-7-16)17-4-2-1-3-5-17)19-10-13-23(28-20-11-12-20)21(15-19)24(26)27/h1-10,13,15,20H,11-12,14H2. The van der Waals surface area contributed by atoms with E-state index >= 15 is 0 Å². The fourth-order valence-corrected chi connectivity index (χ4v) is 3.03. The minimum absolute atomic E-state index is 0.0587. The van der Waals surface area contributed by atoms with Crippen molar-refractivity contribution in [2.75, 3.05) is 0 Å². The first-order chi connectivity index (χ1) is 13.6. The van der Waals surface area contributed by atoms with Crippen molar-refractivity contribution in [2.45, 2.75) is 25.4 Å². The van der Waals surface area contributed by atoms with Gasteiger partial charge >= 0.3 is 5.69 Å². The van der Waals surface area contributed by atoms with Crippen LogP contribution >= 0.6 is 0 Å². The highest BCUT2D eigenvalue weighted by Gasteiger charge is 2.28. The van der Waals surface area contributed by atoms with Crippen molar-refractivity contribution in [2.24, 2.45) is 0 Å². The van der Waals surface area contributed by atoms with Gasteiger partial charge in [-0.1, -0.05) is 54.6 Å². The topological polar surface area (TPSA) is 69.4 Å². The highest BCUT2D eigenvalue weighted by molar-refractivity contribution is 5.98. The van der Waals surface area contributed by atoms with E-state index in [1.807, 2.05) is 54.6 Å². The molecule has 0 N–H and O–H groups in total. The molecule has 0 amide bonds. The Morgan fingerprint density at radius 2 is 1.64 bits per heavy atom. The molecule has 140 valence electrons. The summed E-state index contributed by atoms with van der Waals surface area (Å²) in [4.78, 5) is 23.5. The zero-order chi connectivity index (χ0) is 19.5. The molecule has 28 heavy (non-hydrogen) atoms. The molecule has 0 radical (unpaired) electrons. The monoisotopic (exact) mass is 373 g/mol. The van der Waals surface area contributed by atoms with Crippen molar-refractivity contribution in [1.29, 1.82) is 0 Å². The summed E-state index contributed by atoms with van der Waals surface area (Å²) >= 11 is 0. The first kappa shape index (κ1) is 17.9. The van der Waals surface area contributed by atoms with E-state index in [4.69, 9.17) is 4.74 Å². The van der Waals surface area contributed by atoms with Crippen LogP contribution in [0, 0.1) is 10.1 Å². The number of nitro groups is 1. The number of hydrogen-bond donors (Lipinski definition) is 0. The third-order valence-corrected chi connectivity index (χ3v) is 4.72. The van der Waals surface area contributed by atoms with Gasteiger partial charge in [0.05, 0.1) is 11.0 Å². The van der Waals surface area contributed by atoms with Crippen LogP contribution < -0.4 is 4.74 Å². The molecule has 0 spiro atoms. The number of hydrogen-bond acceptors (Lipinski definition) is 4. The number of nitrogens with zero attached hydrogens (tertiary/aromatic N) is 1. The van der Waals surface area contributed by atoms with E-state index in [1.165, 1.54) is 12.1 Å². The Balaban J connectivity index is 1.50. The van der Waals surface area contributed by atoms with Gasteiger partial charge in [0.25, 0.3) is 0 Å². The molecular formula is C23H19NO4. The van der Waals surface area contributed by atoms with Crippen molar-refractivity contribution in [3.05, 3.63) is 94.0 Å². The zero-order valence-electron chi connectivity index (χ0n) is 15.2. The van der Waals surface area contributed by atoms with E-state index in [0.717, 1.165) is 29.5 Å². The molecular weight excluding hydrogens is 354 g/mol. The average molecular weight is 373 g/mol. The van der Waals surface area contributed by atoms with Gasteiger partial charge in [0.1, 0.15) is 0 Å². The first-order valence-electron chi connectivity index (χ1n) is 9.23. The first-order valence-corrected chi connectivity index (χ1v) is 9.23. The lowest BCUT2D eigenvalue weighted by Gasteiger charge is -2.08. The fourth-order valence-electron chi connectivity index (χ4n) is 3.03. The van der Waals surface area contributed by atoms with Crippen LogP contribution in [0.2, 0.25) is 0 Å². The Morgan fingerprint density at radius 3 is 2.29 bits per heavy atom. The smallest absolute Gasteiger partial charge is 0.311 e. The summed E-state index contributed by atoms with van der Waals surface area (Å²) in [5.74, 6) is 0.0739. The van der Waals surface area contributed by atoms with Crippen molar-refractivity contribution in [3.63, 3.8) is 0 Å². The summed E-state index contributed by atoms with van der Waals surface area (Å²) in [7, 11) is 0. The maximum atomic E-state index is 12.6. The van der Waals surface area contributed by atoms with Gasteiger partial charge in [0.15, 0.2) is 11.5 Å². The Kier molecular flexibility index (Phi) is 4.89. The number of carbonyl (C=O) groups is 1. The summed E-state index contributed by atoms with van der Waals surface area (Å²) in [6.45, 7) is 0. The van der Waals surface area contributed by atoms with Crippen LogP contribution in [-0.4, -0.2) is 16.8 Å². The van der Waals surface area contributed by atoms with E-state index in [2.05, 4.69) is 0 Å². The lowest BCUT2D eigenvalue weighted by atomic mass is 9.99. The second-order valence-corrected chi connectivity index (χ2v) is 6.92. The summed E-state index contributed by atoms with van der Waals surface area (Å²) in [6.07, 6.45) is 2.08. The maximum absolute atomic E-state index is 12.6. The Morgan fingerprint density at radius 1 is 0.964 bits per heavy atom. The number of carbonyl (C=O) groups excluding carboxylic acids is 1. The fraction of sp³-hybridized carbons (Fsp3) is 0.174. The van der Waals surface area contributed by atoms with Crippen molar-refractivity contribution in [3.8, 4) is 16.9 Å². The SMILES string of the molecule is O=C(Cc1ccc(-c2ccccc2)cc1)c1ccc(OC2CC2)c([N+](=O)[O-])c1. The van der Waals surface area contributed by atoms with Gasteiger partial charge in [0, 0.05) is 18.1 Å². The van der Waals surface area contributed by atoms with Gasteiger partial charge in [0.2, 0.25) is 0 Å². The van der Waals surface area contributed by atoms with Gasteiger partial charge in [-0.25, -0.2) is 0 Å². The molecule has 1 aliphatic rings. The quantitative estimate of drug-likeness (QED) is 0.323. The molecule has 0 bridgehead atoms. The largest absolute Gasteiger partial charge is 0.483 e. The summed E-state index contributed by atoms with van der Waals surface area (Å²) in [6, 6.07) is 22.2. The molecule has 0 atom stereocenters. The van der Waals surface area contributed by atoms with Gasteiger partial charge < -0.3 is 4.74 Å². The van der Waals surface area contributed by atoms with Crippen LogP contribution in [0.3, 0.4) is 0 Å². The number of ketones is 1. The third-order valence-electron chi connectivity index (χ3n) is 4.72. The van der Waals surface area contributed by atoms with Crippen LogP contribution in [-0.2, 0) is 6.42 Å². The number of Topliss-reactive ketones (excluding diaryl/α,β-unsaturated/α-hetero) is 1. The van der Waals surface area contributed by atoms with Crippen LogP contribution in [0.25, 0.3) is 11.1 Å². The summed E-state index contributed by atoms with van der Waals surface area (Å²) < 4.78 is 5.57.